The molecular formula is C23H27FN2O4. The van der Waals surface area contributed by atoms with E-state index in [0.717, 1.165) is 5.56 Å². The third kappa shape index (κ3) is 5.28. The molecule has 2 aromatic carbocycles. The number of fused-ring (bicyclic) bond motifs is 1. The molecule has 1 N–H and O–H groups in total. The molecule has 0 aliphatic carbocycles. The first kappa shape index (κ1) is 21.6. The minimum Gasteiger partial charge on any atom is -0.454 e. The molecule has 1 aliphatic heterocycles. The Hall–Kier alpha value is -3.09. The largest absolute Gasteiger partial charge is 0.454 e. The number of rotatable bonds is 8. The second kappa shape index (κ2) is 9.61. The number of ether oxygens (including phenoxy) is 2. The lowest BCUT2D eigenvalue weighted by atomic mass is 10.1. The summed E-state index contributed by atoms with van der Waals surface area (Å²) in [4.78, 5) is 27.0. The van der Waals surface area contributed by atoms with Crippen LogP contribution in [0.25, 0.3) is 0 Å². The normalized spacial score (nSPS) is 13.2. The lowest BCUT2D eigenvalue weighted by Gasteiger charge is -2.29. The second-order valence-electron chi connectivity index (χ2n) is 7.64. The van der Waals surface area contributed by atoms with Crippen molar-refractivity contribution in [1.82, 2.24) is 10.2 Å². The van der Waals surface area contributed by atoms with Crippen molar-refractivity contribution in [2.24, 2.45) is 0 Å². The van der Waals surface area contributed by atoms with Gasteiger partial charge in [-0.2, -0.15) is 0 Å². The average Bonchev–Trinajstić information content (AvgIpc) is 3.18. The Morgan fingerprint density at radius 1 is 1.10 bits per heavy atom. The Balaban J connectivity index is 1.73. The summed E-state index contributed by atoms with van der Waals surface area (Å²) >= 11 is 0. The lowest BCUT2D eigenvalue weighted by molar-refractivity contribution is -0.140. The highest BCUT2D eigenvalue weighted by Gasteiger charge is 2.27. The number of nitrogens with one attached hydrogen (secondary N) is 1. The van der Waals surface area contributed by atoms with E-state index in [4.69, 9.17) is 9.47 Å². The van der Waals surface area contributed by atoms with Gasteiger partial charge in [0, 0.05) is 24.6 Å². The molecule has 0 radical (unpaired) electrons. The third-order valence-corrected chi connectivity index (χ3v) is 4.96. The summed E-state index contributed by atoms with van der Waals surface area (Å²) in [5, 5.41) is 2.82. The minimum atomic E-state index is -0.726. The molecule has 1 atom stereocenters. The van der Waals surface area contributed by atoms with Crippen LogP contribution in [0, 0.1) is 5.82 Å². The number of amides is 2. The van der Waals surface area contributed by atoms with Crippen LogP contribution in [0.1, 0.15) is 38.3 Å². The van der Waals surface area contributed by atoms with Gasteiger partial charge >= 0.3 is 0 Å². The molecule has 0 saturated heterocycles. The Morgan fingerprint density at radius 3 is 2.57 bits per heavy atom. The van der Waals surface area contributed by atoms with Crippen LogP contribution in [0.2, 0.25) is 0 Å². The van der Waals surface area contributed by atoms with Gasteiger partial charge in [-0.1, -0.05) is 24.3 Å². The van der Waals surface area contributed by atoms with Crippen molar-refractivity contribution in [3.8, 4) is 11.5 Å². The predicted molar refractivity (Wildman–Crippen MR) is 111 cm³/mol. The molecule has 0 unspecified atom stereocenters. The number of halogens is 1. The van der Waals surface area contributed by atoms with Gasteiger partial charge in [-0.15, -0.1) is 0 Å². The van der Waals surface area contributed by atoms with Gasteiger partial charge in [0.15, 0.2) is 11.5 Å². The zero-order valence-electron chi connectivity index (χ0n) is 17.5. The van der Waals surface area contributed by atoms with E-state index >= 15 is 0 Å². The standard InChI is InChI=1S/C23H27FN2O4/c1-15(2)25-23(28)16(3)26(13-18-6-4-5-7-19(18)24)22(27)11-9-17-8-10-20-21(12-17)30-14-29-20/h4-8,10,12,15-16H,9,11,13-14H2,1-3H3,(H,25,28)/t16-/m1/s1. The van der Waals surface area contributed by atoms with Crippen LogP contribution in [0.3, 0.4) is 0 Å². The number of carbonyl (C=O) groups excluding carboxylic acids is 2. The molecule has 7 heteroatoms. The third-order valence-electron chi connectivity index (χ3n) is 4.96. The molecule has 2 aromatic rings. The van der Waals surface area contributed by atoms with Gasteiger partial charge in [-0.05, 0) is 51.0 Å². The smallest absolute Gasteiger partial charge is 0.242 e. The van der Waals surface area contributed by atoms with Crippen molar-refractivity contribution in [2.75, 3.05) is 6.79 Å². The van der Waals surface area contributed by atoms with Gasteiger partial charge in [0.2, 0.25) is 18.6 Å². The first-order chi connectivity index (χ1) is 14.3. The molecule has 1 heterocycles. The highest BCUT2D eigenvalue weighted by atomic mass is 19.1. The van der Waals surface area contributed by atoms with E-state index in [-0.39, 0.29) is 37.6 Å². The van der Waals surface area contributed by atoms with Crippen LogP contribution in [0.4, 0.5) is 4.39 Å². The number of aryl methyl sites for hydroxylation is 1. The van der Waals surface area contributed by atoms with Crippen molar-refractivity contribution in [2.45, 2.75) is 52.2 Å². The number of hydrogen-bond donors (Lipinski definition) is 1. The van der Waals surface area contributed by atoms with Crippen molar-refractivity contribution in [3.05, 3.63) is 59.4 Å². The second-order valence-corrected chi connectivity index (χ2v) is 7.64. The lowest BCUT2D eigenvalue weighted by Crippen LogP contribution is -2.49. The van der Waals surface area contributed by atoms with Crippen LogP contribution in [0.15, 0.2) is 42.5 Å². The Kier molecular flexibility index (Phi) is 6.92. The van der Waals surface area contributed by atoms with E-state index in [1.165, 1.54) is 11.0 Å². The molecule has 0 saturated carbocycles. The summed E-state index contributed by atoms with van der Waals surface area (Å²) < 4.78 is 24.9. The van der Waals surface area contributed by atoms with Crippen molar-refractivity contribution >= 4 is 11.8 Å². The zero-order valence-corrected chi connectivity index (χ0v) is 17.5. The maximum atomic E-state index is 14.2. The van der Waals surface area contributed by atoms with Crippen LogP contribution in [0.5, 0.6) is 11.5 Å². The molecule has 3 rings (SSSR count). The first-order valence-corrected chi connectivity index (χ1v) is 10.1. The molecule has 0 aromatic heterocycles. The van der Waals surface area contributed by atoms with Crippen molar-refractivity contribution < 1.29 is 23.5 Å². The highest BCUT2D eigenvalue weighted by molar-refractivity contribution is 5.87. The predicted octanol–water partition coefficient (Wildman–Crippen LogP) is 3.43. The summed E-state index contributed by atoms with van der Waals surface area (Å²) in [5.41, 5.74) is 1.30. The molecule has 2 amide bonds. The van der Waals surface area contributed by atoms with E-state index < -0.39 is 11.9 Å². The number of benzene rings is 2. The van der Waals surface area contributed by atoms with Crippen LogP contribution >= 0.6 is 0 Å². The summed E-state index contributed by atoms with van der Waals surface area (Å²) in [6, 6.07) is 11.1. The van der Waals surface area contributed by atoms with Crippen LogP contribution in [-0.4, -0.2) is 35.6 Å². The van der Waals surface area contributed by atoms with E-state index in [2.05, 4.69) is 5.32 Å². The number of carbonyl (C=O) groups is 2. The molecule has 0 spiro atoms. The quantitative estimate of drug-likeness (QED) is 0.719. The van der Waals surface area contributed by atoms with E-state index in [9.17, 15) is 14.0 Å². The van der Waals surface area contributed by atoms with Crippen molar-refractivity contribution in [1.29, 1.82) is 0 Å². The summed E-state index contributed by atoms with van der Waals surface area (Å²) in [5.74, 6) is 0.459. The molecule has 160 valence electrons. The average molecular weight is 414 g/mol. The fourth-order valence-corrected chi connectivity index (χ4v) is 3.29. The summed E-state index contributed by atoms with van der Waals surface area (Å²) in [7, 11) is 0. The Morgan fingerprint density at radius 2 is 1.83 bits per heavy atom. The fraction of sp³-hybridized carbons (Fsp3) is 0.391. The topological polar surface area (TPSA) is 67.9 Å². The number of nitrogens with zero attached hydrogens (tertiary/aromatic N) is 1. The fourth-order valence-electron chi connectivity index (χ4n) is 3.29. The maximum absolute atomic E-state index is 14.2. The van der Waals surface area contributed by atoms with Crippen LogP contribution < -0.4 is 14.8 Å². The van der Waals surface area contributed by atoms with Crippen molar-refractivity contribution in [3.63, 3.8) is 0 Å². The van der Waals surface area contributed by atoms with E-state index in [0.29, 0.717) is 23.5 Å². The van der Waals surface area contributed by atoms with E-state index in [1.807, 2.05) is 32.0 Å². The van der Waals surface area contributed by atoms with Gasteiger partial charge < -0.3 is 19.7 Å². The maximum Gasteiger partial charge on any atom is 0.242 e. The molecular weight excluding hydrogens is 387 g/mol. The molecule has 1 aliphatic rings. The van der Waals surface area contributed by atoms with Gasteiger partial charge in [0.1, 0.15) is 11.9 Å². The minimum absolute atomic E-state index is 0.0271. The Bertz CT molecular complexity index is 916. The highest BCUT2D eigenvalue weighted by Crippen LogP contribution is 2.32. The van der Waals surface area contributed by atoms with Gasteiger partial charge in [0.25, 0.3) is 0 Å². The molecule has 0 fully saturated rings. The number of hydrogen-bond acceptors (Lipinski definition) is 4. The van der Waals surface area contributed by atoms with Gasteiger partial charge in [0.05, 0.1) is 0 Å². The molecule has 0 bridgehead atoms. The van der Waals surface area contributed by atoms with E-state index in [1.54, 1.807) is 25.1 Å². The van der Waals surface area contributed by atoms with Crippen LogP contribution in [-0.2, 0) is 22.6 Å². The van der Waals surface area contributed by atoms with Gasteiger partial charge in [-0.3, -0.25) is 9.59 Å². The molecule has 6 nitrogen and oxygen atoms in total. The SMILES string of the molecule is CC(C)NC(=O)[C@@H](C)N(Cc1ccccc1F)C(=O)CCc1ccc2c(c1)OCO2. The Labute approximate surface area is 176 Å². The first-order valence-electron chi connectivity index (χ1n) is 10.1. The summed E-state index contributed by atoms with van der Waals surface area (Å²) in [6.07, 6.45) is 0.662. The summed E-state index contributed by atoms with van der Waals surface area (Å²) in [6.45, 7) is 5.59. The monoisotopic (exact) mass is 414 g/mol. The zero-order chi connectivity index (χ0) is 21.7. The van der Waals surface area contributed by atoms with Gasteiger partial charge in [-0.25, -0.2) is 4.39 Å². The molecule has 30 heavy (non-hydrogen) atoms.